The molecule has 1 aliphatic heterocycles. The normalized spacial score (nSPS) is 17.7. The van der Waals surface area contributed by atoms with E-state index < -0.39 is 0 Å². The summed E-state index contributed by atoms with van der Waals surface area (Å²) in [4.78, 5) is 0. The summed E-state index contributed by atoms with van der Waals surface area (Å²) in [6.45, 7) is 2.33. The SMILES string of the molecule is Cl.Fc1ccccc1-c1ccc(CNCC2CCCO2)o1. The number of hydrogen-bond acceptors (Lipinski definition) is 3. The quantitative estimate of drug-likeness (QED) is 0.912. The predicted molar refractivity (Wildman–Crippen MR) is 82.0 cm³/mol. The average molecular weight is 312 g/mol. The molecule has 0 bridgehead atoms. The second-order valence-corrected chi connectivity index (χ2v) is 5.01. The second-order valence-electron chi connectivity index (χ2n) is 5.01. The Morgan fingerprint density at radius 2 is 2.05 bits per heavy atom. The van der Waals surface area contributed by atoms with Gasteiger partial charge in [-0.25, -0.2) is 4.39 Å². The Labute approximate surface area is 129 Å². The Balaban J connectivity index is 0.00000161. The highest BCUT2D eigenvalue weighted by atomic mass is 35.5. The number of benzene rings is 1. The van der Waals surface area contributed by atoms with Gasteiger partial charge >= 0.3 is 0 Å². The Bertz CT molecular complexity index is 567. The van der Waals surface area contributed by atoms with Crippen LogP contribution in [0.3, 0.4) is 0 Å². The fraction of sp³-hybridized carbons (Fsp3) is 0.375. The molecule has 1 aromatic heterocycles. The van der Waals surface area contributed by atoms with E-state index in [1.54, 1.807) is 18.2 Å². The molecule has 0 spiro atoms. The van der Waals surface area contributed by atoms with Crippen LogP contribution in [0.2, 0.25) is 0 Å². The lowest BCUT2D eigenvalue weighted by Gasteiger charge is -2.09. The monoisotopic (exact) mass is 311 g/mol. The Morgan fingerprint density at radius 1 is 1.19 bits per heavy atom. The first-order valence-corrected chi connectivity index (χ1v) is 6.99. The van der Waals surface area contributed by atoms with E-state index in [4.69, 9.17) is 9.15 Å². The van der Waals surface area contributed by atoms with Crippen LogP contribution in [0.1, 0.15) is 18.6 Å². The van der Waals surface area contributed by atoms with Gasteiger partial charge < -0.3 is 14.5 Å². The molecule has 0 saturated carbocycles. The molecule has 3 rings (SSSR count). The number of nitrogens with one attached hydrogen (secondary N) is 1. The molecule has 0 amide bonds. The zero-order chi connectivity index (χ0) is 13.8. The number of furan rings is 1. The van der Waals surface area contributed by atoms with Gasteiger partial charge in [-0.2, -0.15) is 0 Å². The third-order valence-electron chi connectivity index (χ3n) is 3.50. The van der Waals surface area contributed by atoms with E-state index in [1.807, 2.05) is 12.1 Å². The van der Waals surface area contributed by atoms with Gasteiger partial charge in [-0.3, -0.25) is 0 Å². The van der Waals surface area contributed by atoms with E-state index >= 15 is 0 Å². The van der Waals surface area contributed by atoms with E-state index in [2.05, 4.69) is 5.32 Å². The lowest BCUT2D eigenvalue weighted by atomic mass is 10.1. The van der Waals surface area contributed by atoms with Gasteiger partial charge in [0.25, 0.3) is 0 Å². The summed E-state index contributed by atoms with van der Waals surface area (Å²) >= 11 is 0. The van der Waals surface area contributed by atoms with Crippen molar-refractivity contribution in [1.29, 1.82) is 0 Å². The van der Waals surface area contributed by atoms with Gasteiger partial charge in [0, 0.05) is 13.2 Å². The van der Waals surface area contributed by atoms with Gasteiger partial charge in [-0.15, -0.1) is 12.4 Å². The molecule has 1 N–H and O–H groups in total. The first kappa shape index (κ1) is 16.0. The maximum atomic E-state index is 13.6. The molecule has 1 aromatic carbocycles. The molecule has 21 heavy (non-hydrogen) atoms. The Hall–Kier alpha value is -1.36. The molecule has 0 radical (unpaired) electrons. The van der Waals surface area contributed by atoms with E-state index in [1.165, 1.54) is 6.07 Å². The van der Waals surface area contributed by atoms with Crippen molar-refractivity contribution in [3.8, 4) is 11.3 Å². The average Bonchev–Trinajstić information content (AvgIpc) is 3.11. The zero-order valence-corrected chi connectivity index (χ0v) is 12.5. The summed E-state index contributed by atoms with van der Waals surface area (Å²) in [5.74, 6) is 1.11. The molecular formula is C16H19ClFNO2. The molecule has 2 heterocycles. The number of hydrogen-bond donors (Lipinski definition) is 1. The zero-order valence-electron chi connectivity index (χ0n) is 11.7. The van der Waals surface area contributed by atoms with Gasteiger partial charge in [0.15, 0.2) is 0 Å². The van der Waals surface area contributed by atoms with Crippen molar-refractivity contribution < 1.29 is 13.5 Å². The van der Waals surface area contributed by atoms with Crippen molar-refractivity contribution in [2.45, 2.75) is 25.5 Å². The fourth-order valence-electron chi connectivity index (χ4n) is 2.44. The molecule has 1 fully saturated rings. The summed E-state index contributed by atoms with van der Waals surface area (Å²) in [6, 6.07) is 10.3. The minimum absolute atomic E-state index is 0. The maximum Gasteiger partial charge on any atom is 0.137 e. The summed E-state index contributed by atoms with van der Waals surface area (Å²) in [6.07, 6.45) is 2.58. The molecule has 2 aromatic rings. The maximum absolute atomic E-state index is 13.6. The van der Waals surface area contributed by atoms with Crippen molar-refractivity contribution in [3.63, 3.8) is 0 Å². The van der Waals surface area contributed by atoms with Gasteiger partial charge in [0.2, 0.25) is 0 Å². The summed E-state index contributed by atoms with van der Waals surface area (Å²) < 4.78 is 24.9. The van der Waals surface area contributed by atoms with Crippen LogP contribution in [0.5, 0.6) is 0 Å². The summed E-state index contributed by atoms with van der Waals surface area (Å²) in [7, 11) is 0. The van der Waals surface area contributed by atoms with Crippen molar-refractivity contribution in [2.75, 3.05) is 13.2 Å². The Morgan fingerprint density at radius 3 is 2.81 bits per heavy atom. The van der Waals surface area contributed by atoms with E-state index in [-0.39, 0.29) is 18.2 Å². The lowest BCUT2D eigenvalue weighted by molar-refractivity contribution is 0.109. The topological polar surface area (TPSA) is 34.4 Å². The highest BCUT2D eigenvalue weighted by molar-refractivity contribution is 5.85. The Kier molecular flexibility index (Phi) is 5.79. The van der Waals surface area contributed by atoms with Gasteiger partial charge in [-0.05, 0) is 37.1 Å². The predicted octanol–water partition coefficient (Wildman–Crippen LogP) is 3.78. The van der Waals surface area contributed by atoms with Gasteiger partial charge in [-0.1, -0.05) is 12.1 Å². The minimum atomic E-state index is -0.263. The van der Waals surface area contributed by atoms with Crippen molar-refractivity contribution in [2.24, 2.45) is 0 Å². The van der Waals surface area contributed by atoms with E-state index in [0.717, 1.165) is 31.8 Å². The van der Waals surface area contributed by atoms with Crippen molar-refractivity contribution in [1.82, 2.24) is 5.32 Å². The van der Waals surface area contributed by atoms with Gasteiger partial charge in [0.05, 0.1) is 18.2 Å². The van der Waals surface area contributed by atoms with Crippen LogP contribution in [0.25, 0.3) is 11.3 Å². The lowest BCUT2D eigenvalue weighted by Crippen LogP contribution is -2.25. The first-order chi connectivity index (χ1) is 9.83. The molecule has 5 heteroatoms. The first-order valence-electron chi connectivity index (χ1n) is 6.99. The van der Waals surface area contributed by atoms with E-state index in [0.29, 0.717) is 24.0 Å². The van der Waals surface area contributed by atoms with E-state index in [9.17, 15) is 4.39 Å². The summed E-state index contributed by atoms with van der Waals surface area (Å²) in [5, 5.41) is 3.31. The van der Waals surface area contributed by atoms with Crippen LogP contribution in [0.15, 0.2) is 40.8 Å². The highest BCUT2D eigenvalue weighted by Gasteiger charge is 2.15. The van der Waals surface area contributed by atoms with Crippen LogP contribution < -0.4 is 5.32 Å². The van der Waals surface area contributed by atoms with Crippen molar-refractivity contribution >= 4 is 12.4 Å². The minimum Gasteiger partial charge on any atom is -0.460 e. The van der Waals surface area contributed by atoms with Crippen molar-refractivity contribution in [3.05, 3.63) is 48.0 Å². The molecule has 114 valence electrons. The molecule has 0 aliphatic carbocycles. The third-order valence-corrected chi connectivity index (χ3v) is 3.50. The number of halogens is 2. The van der Waals surface area contributed by atoms with Crippen LogP contribution in [-0.2, 0) is 11.3 Å². The van der Waals surface area contributed by atoms with Crippen LogP contribution in [0.4, 0.5) is 4.39 Å². The fourth-order valence-corrected chi connectivity index (χ4v) is 2.44. The standard InChI is InChI=1S/C16H18FNO2.ClH/c17-15-6-2-1-5-14(15)16-8-7-13(20-16)11-18-10-12-4-3-9-19-12;/h1-2,5-8,12,18H,3-4,9-11H2;1H. The summed E-state index contributed by atoms with van der Waals surface area (Å²) in [5.41, 5.74) is 0.498. The van der Waals surface area contributed by atoms with Gasteiger partial charge in [0.1, 0.15) is 17.3 Å². The van der Waals surface area contributed by atoms with Crippen LogP contribution >= 0.6 is 12.4 Å². The van der Waals surface area contributed by atoms with Crippen LogP contribution in [0, 0.1) is 5.82 Å². The second kappa shape index (κ2) is 7.59. The van der Waals surface area contributed by atoms with Crippen LogP contribution in [-0.4, -0.2) is 19.3 Å². The molecule has 3 nitrogen and oxygen atoms in total. The molecule has 1 atom stereocenters. The largest absolute Gasteiger partial charge is 0.460 e. The number of ether oxygens (including phenoxy) is 1. The third kappa shape index (κ3) is 4.06. The molecule has 1 unspecified atom stereocenters. The molecule has 1 saturated heterocycles. The molecule has 1 aliphatic rings. The number of rotatable bonds is 5. The highest BCUT2D eigenvalue weighted by Crippen LogP contribution is 2.24. The molecular weight excluding hydrogens is 293 g/mol. The smallest absolute Gasteiger partial charge is 0.137 e.